The summed E-state index contributed by atoms with van der Waals surface area (Å²) >= 11 is 0. The third-order valence-corrected chi connectivity index (χ3v) is 12.8. The molecule has 4 aliphatic rings. The molecular formula is C53H43NO. The number of hydrogen-bond donors (Lipinski definition) is 0. The first kappa shape index (κ1) is 32.3. The zero-order chi connectivity index (χ0) is 36.7. The van der Waals surface area contributed by atoms with Crippen LogP contribution in [0.2, 0.25) is 0 Å². The minimum absolute atomic E-state index is 0.0257. The van der Waals surface area contributed by atoms with Gasteiger partial charge < -0.3 is 9.32 Å². The second-order valence-electron chi connectivity index (χ2n) is 16.2. The molecule has 7 aromatic rings. The minimum Gasteiger partial charge on any atom is -0.456 e. The number of furan rings is 1. The molecule has 0 saturated heterocycles. The summed E-state index contributed by atoms with van der Waals surface area (Å²) in [6.07, 6.45) is 19.7. The molecule has 1 aromatic heterocycles. The Morgan fingerprint density at radius 3 is 2.45 bits per heavy atom. The average molecular weight is 710 g/mol. The minimum atomic E-state index is 0.0257. The maximum absolute atomic E-state index is 6.20. The summed E-state index contributed by atoms with van der Waals surface area (Å²) in [6, 6.07) is 44.8. The Balaban J connectivity index is 1.02. The van der Waals surface area contributed by atoms with Crippen LogP contribution in [0.25, 0.3) is 55.5 Å². The van der Waals surface area contributed by atoms with Crippen molar-refractivity contribution in [2.24, 2.45) is 0 Å². The van der Waals surface area contributed by atoms with Crippen molar-refractivity contribution in [3.8, 4) is 11.1 Å². The molecule has 2 nitrogen and oxygen atoms in total. The van der Waals surface area contributed by atoms with Gasteiger partial charge in [-0.15, -0.1) is 0 Å². The maximum atomic E-state index is 6.20. The van der Waals surface area contributed by atoms with E-state index in [1.165, 1.54) is 88.7 Å². The van der Waals surface area contributed by atoms with Gasteiger partial charge in [-0.1, -0.05) is 141 Å². The van der Waals surface area contributed by atoms with E-state index in [0.29, 0.717) is 5.92 Å². The molecule has 4 aliphatic carbocycles. The van der Waals surface area contributed by atoms with Gasteiger partial charge in [0.1, 0.15) is 11.2 Å². The lowest BCUT2D eigenvalue weighted by Gasteiger charge is -2.37. The van der Waals surface area contributed by atoms with Crippen LogP contribution >= 0.6 is 0 Å². The Morgan fingerprint density at radius 2 is 1.53 bits per heavy atom. The molecule has 0 radical (unpaired) electrons. The van der Waals surface area contributed by atoms with Crippen molar-refractivity contribution in [3.63, 3.8) is 0 Å². The second-order valence-corrected chi connectivity index (χ2v) is 16.2. The average Bonchev–Trinajstić information content (AvgIpc) is 3.73. The summed E-state index contributed by atoms with van der Waals surface area (Å²) in [7, 11) is 0. The summed E-state index contributed by atoms with van der Waals surface area (Å²) in [5.74, 6) is 0.371. The Morgan fingerprint density at radius 1 is 0.691 bits per heavy atom. The Kier molecular flexibility index (Phi) is 7.33. The van der Waals surface area contributed by atoms with Crippen LogP contribution in [-0.2, 0) is 11.8 Å². The monoisotopic (exact) mass is 709 g/mol. The van der Waals surface area contributed by atoms with E-state index in [1.54, 1.807) is 0 Å². The topological polar surface area (TPSA) is 16.4 Å². The van der Waals surface area contributed by atoms with Gasteiger partial charge in [-0.05, 0) is 118 Å². The first-order valence-corrected chi connectivity index (χ1v) is 20.0. The highest BCUT2D eigenvalue weighted by molar-refractivity contribution is 6.19. The zero-order valence-electron chi connectivity index (χ0n) is 31.5. The number of rotatable bonds is 5. The van der Waals surface area contributed by atoms with Crippen molar-refractivity contribution in [1.29, 1.82) is 0 Å². The lowest BCUT2D eigenvalue weighted by molar-refractivity contribution is 0.604. The van der Waals surface area contributed by atoms with Gasteiger partial charge in [0.15, 0.2) is 0 Å². The lowest BCUT2D eigenvalue weighted by Crippen LogP contribution is -2.27. The van der Waals surface area contributed by atoms with Crippen LogP contribution in [-0.4, -0.2) is 0 Å². The van der Waals surface area contributed by atoms with E-state index in [2.05, 4.69) is 170 Å². The molecule has 266 valence electrons. The maximum Gasteiger partial charge on any atom is 0.136 e. The van der Waals surface area contributed by atoms with Crippen molar-refractivity contribution in [3.05, 3.63) is 196 Å². The van der Waals surface area contributed by atoms with E-state index >= 15 is 0 Å². The van der Waals surface area contributed by atoms with Crippen molar-refractivity contribution in [1.82, 2.24) is 0 Å². The van der Waals surface area contributed by atoms with Crippen LogP contribution in [0.15, 0.2) is 173 Å². The van der Waals surface area contributed by atoms with Crippen LogP contribution in [0.5, 0.6) is 0 Å². The smallest absolute Gasteiger partial charge is 0.136 e. The highest BCUT2D eigenvalue weighted by Gasteiger charge is 2.43. The van der Waals surface area contributed by atoms with Crippen molar-refractivity contribution in [2.75, 3.05) is 4.90 Å². The first-order valence-electron chi connectivity index (χ1n) is 20.0. The number of benzene rings is 6. The summed E-state index contributed by atoms with van der Waals surface area (Å²) in [5.41, 5.74) is 18.2. The number of fused-ring (bicyclic) bond motifs is 9. The molecule has 0 N–H and O–H groups in total. The van der Waals surface area contributed by atoms with E-state index in [4.69, 9.17) is 4.42 Å². The van der Waals surface area contributed by atoms with Crippen LogP contribution < -0.4 is 4.90 Å². The lowest BCUT2D eigenvalue weighted by atomic mass is 9.78. The van der Waals surface area contributed by atoms with Gasteiger partial charge in [-0.3, -0.25) is 0 Å². The zero-order valence-corrected chi connectivity index (χ0v) is 31.5. The number of anilines is 1. The fourth-order valence-electron chi connectivity index (χ4n) is 10.1. The molecule has 55 heavy (non-hydrogen) atoms. The van der Waals surface area contributed by atoms with Gasteiger partial charge in [-0.2, -0.15) is 0 Å². The van der Waals surface area contributed by atoms with E-state index in [1.807, 2.05) is 6.07 Å². The van der Waals surface area contributed by atoms with Crippen molar-refractivity contribution in [2.45, 2.75) is 57.3 Å². The summed E-state index contributed by atoms with van der Waals surface area (Å²) < 4.78 is 6.20. The Bertz CT molecular complexity index is 2870. The predicted molar refractivity (Wildman–Crippen MR) is 231 cm³/mol. The third-order valence-electron chi connectivity index (χ3n) is 12.8. The molecule has 0 aliphatic heterocycles. The Labute approximate surface area is 323 Å². The molecular weight excluding hydrogens is 667 g/mol. The highest BCUT2D eigenvalue weighted by atomic mass is 16.3. The van der Waals surface area contributed by atoms with Crippen molar-refractivity contribution < 1.29 is 4.42 Å². The highest BCUT2D eigenvalue weighted by Crippen LogP contribution is 2.55. The quantitative estimate of drug-likeness (QED) is 0.177. The van der Waals surface area contributed by atoms with Crippen LogP contribution in [0.3, 0.4) is 0 Å². The normalized spacial score (nSPS) is 18.3. The van der Waals surface area contributed by atoms with E-state index in [0.717, 1.165) is 43.3 Å². The van der Waals surface area contributed by atoms with E-state index < -0.39 is 0 Å². The van der Waals surface area contributed by atoms with Crippen LogP contribution in [0.4, 0.5) is 5.69 Å². The second kappa shape index (κ2) is 12.5. The van der Waals surface area contributed by atoms with Gasteiger partial charge in [0.05, 0.1) is 0 Å². The van der Waals surface area contributed by atoms with Gasteiger partial charge >= 0.3 is 0 Å². The van der Waals surface area contributed by atoms with Crippen LogP contribution in [0, 0.1) is 0 Å². The van der Waals surface area contributed by atoms with E-state index in [9.17, 15) is 0 Å². The molecule has 1 atom stereocenters. The molecule has 11 rings (SSSR count). The molecule has 2 heteroatoms. The number of hydrogen-bond acceptors (Lipinski definition) is 2. The van der Waals surface area contributed by atoms with Gasteiger partial charge in [0.25, 0.3) is 0 Å². The Hall–Kier alpha value is -6.12. The SMILES string of the molecule is CC1(C)C2=CC=C(N(C3=CCCC=C3c3cccc4c3CCC=C4)c3ccc(-c4ccc5c(ccc6oc7ccccc7c65)c4)cc3)CC2c2ccccc21. The fraction of sp³-hybridized carbons (Fsp3) is 0.170. The molecule has 0 spiro atoms. The number of allylic oxidation sites excluding steroid dienone is 8. The first-order chi connectivity index (χ1) is 27.0. The summed E-state index contributed by atoms with van der Waals surface area (Å²) in [4.78, 5) is 2.59. The van der Waals surface area contributed by atoms with Crippen LogP contribution in [0.1, 0.15) is 73.3 Å². The number of para-hydroxylation sites is 1. The molecule has 0 fully saturated rings. The van der Waals surface area contributed by atoms with Gasteiger partial charge in [0.2, 0.25) is 0 Å². The third kappa shape index (κ3) is 5.08. The molecule has 1 heterocycles. The molecule has 0 saturated carbocycles. The summed E-state index contributed by atoms with van der Waals surface area (Å²) in [5, 5.41) is 4.81. The van der Waals surface area contributed by atoms with E-state index in [-0.39, 0.29) is 5.41 Å². The molecule has 1 unspecified atom stereocenters. The largest absolute Gasteiger partial charge is 0.456 e. The molecule has 0 amide bonds. The number of nitrogens with zero attached hydrogens (tertiary/aromatic N) is 1. The van der Waals surface area contributed by atoms with Gasteiger partial charge in [0, 0.05) is 44.8 Å². The van der Waals surface area contributed by atoms with Gasteiger partial charge in [-0.25, -0.2) is 0 Å². The fourth-order valence-corrected chi connectivity index (χ4v) is 10.1. The molecule has 0 bridgehead atoms. The standard InChI is InChI=1S/C53H43NO/c1-53(2)47-19-8-5-15-43(47)46-33-39(28-30-48(46)53)54(49-20-9-6-16-44(49)42-18-11-13-35-12-3-4-14-40(35)42)38-26-22-34(23-27-38)36-24-29-41-37(32-36)25-31-51-52(41)45-17-7-10-21-50(45)55-51/h3,5,7-8,10-13,15-32,46H,4,6,9,14,33H2,1-2H3. The molecule has 6 aromatic carbocycles. The predicted octanol–water partition coefficient (Wildman–Crippen LogP) is 14.2. The summed E-state index contributed by atoms with van der Waals surface area (Å²) in [6.45, 7) is 4.80. The van der Waals surface area contributed by atoms with Crippen molar-refractivity contribution >= 4 is 50.0 Å².